The molecule has 0 aliphatic rings. The second-order valence-electron chi connectivity index (χ2n) is 3.08. The SMILES string of the molecule is CCCCCC(=O)COP(=O)(OC)OC. The fourth-order valence-corrected chi connectivity index (χ4v) is 1.64. The Morgan fingerprint density at radius 3 is 2.27 bits per heavy atom. The summed E-state index contributed by atoms with van der Waals surface area (Å²) in [5, 5.41) is 0. The average molecular weight is 238 g/mol. The number of carbonyl (C=O) groups is 1. The van der Waals surface area contributed by atoms with Crippen molar-refractivity contribution in [3.8, 4) is 0 Å². The van der Waals surface area contributed by atoms with Crippen LogP contribution >= 0.6 is 7.82 Å². The molecule has 0 radical (unpaired) electrons. The molecule has 0 spiro atoms. The highest BCUT2D eigenvalue weighted by atomic mass is 31.2. The fraction of sp³-hybridized carbons (Fsp3) is 0.889. The predicted octanol–water partition coefficient (Wildman–Crippen LogP) is 2.55. The van der Waals surface area contributed by atoms with Crippen molar-refractivity contribution in [2.75, 3.05) is 20.8 Å². The molecule has 90 valence electrons. The van der Waals surface area contributed by atoms with Crippen LogP contribution in [0.15, 0.2) is 0 Å². The standard InChI is InChI=1S/C9H19O5P/c1-4-5-6-7-9(10)8-14-15(11,12-2)13-3/h4-8H2,1-3H3. The molecule has 0 atom stereocenters. The van der Waals surface area contributed by atoms with Gasteiger partial charge in [-0.15, -0.1) is 0 Å². The van der Waals surface area contributed by atoms with E-state index in [0.717, 1.165) is 19.3 Å². The molecular weight excluding hydrogens is 219 g/mol. The van der Waals surface area contributed by atoms with Crippen LogP contribution in [0, 0.1) is 0 Å². The van der Waals surface area contributed by atoms with Crippen molar-refractivity contribution in [2.24, 2.45) is 0 Å². The van der Waals surface area contributed by atoms with E-state index in [1.807, 2.05) is 0 Å². The van der Waals surface area contributed by atoms with E-state index < -0.39 is 7.82 Å². The first kappa shape index (κ1) is 14.8. The van der Waals surface area contributed by atoms with Gasteiger partial charge in [-0.25, -0.2) is 4.57 Å². The number of hydrogen-bond donors (Lipinski definition) is 0. The summed E-state index contributed by atoms with van der Waals surface area (Å²) in [6, 6.07) is 0. The first-order valence-corrected chi connectivity index (χ1v) is 6.41. The van der Waals surface area contributed by atoms with Crippen molar-refractivity contribution in [2.45, 2.75) is 32.6 Å². The summed E-state index contributed by atoms with van der Waals surface area (Å²) < 4.78 is 25.2. The predicted molar refractivity (Wildman–Crippen MR) is 56.7 cm³/mol. The molecule has 0 aliphatic carbocycles. The zero-order valence-electron chi connectivity index (χ0n) is 9.52. The average Bonchev–Trinajstić information content (AvgIpc) is 2.26. The molecule has 0 aromatic heterocycles. The van der Waals surface area contributed by atoms with Crippen LogP contribution in [0.4, 0.5) is 0 Å². The van der Waals surface area contributed by atoms with Gasteiger partial charge in [0.25, 0.3) is 0 Å². The van der Waals surface area contributed by atoms with Crippen LogP contribution in [0.1, 0.15) is 32.6 Å². The van der Waals surface area contributed by atoms with Gasteiger partial charge < -0.3 is 0 Å². The number of Topliss-reactive ketones (excluding diaryl/α,β-unsaturated/α-hetero) is 1. The van der Waals surface area contributed by atoms with Crippen LogP contribution < -0.4 is 0 Å². The molecule has 0 rings (SSSR count). The van der Waals surface area contributed by atoms with Gasteiger partial charge in [0.05, 0.1) is 0 Å². The van der Waals surface area contributed by atoms with Gasteiger partial charge in [0.15, 0.2) is 5.78 Å². The molecule has 5 nitrogen and oxygen atoms in total. The van der Waals surface area contributed by atoms with Crippen molar-refractivity contribution < 1.29 is 22.9 Å². The van der Waals surface area contributed by atoms with E-state index in [-0.39, 0.29) is 12.4 Å². The van der Waals surface area contributed by atoms with Crippen molar-refractivity contribution >= 4 is 13.6 Å². The monoisotopic (exact) mass is 238 g/mol. The van der Waals surface area contributed by atoms with E-state index in [4.69, 9.17) is 4.52 Å². The molecule has 0 aliphatic heterocycles. The Kier molecular flexibility index (Phi) is 7.88. The van der Waals surface area contributed by atoms with Crippen LogP contribution in [-0.4, -0.2) is 26.6 Å². The minimum absolute atomic E-state index is 0.0854. The van der Waals surface area contributed by atoms with Gasteiger partial charge in [0, 0.05) is 20.6 Å². The molecule has 0 aromatic rings. The van der Waals surface area contributed by atoms with Gasteiger partial charge in [0.1, 0.15) is 6.61 Å². The van der Waals surface area contributed by atoms with E-state index in [1.165, 1.54) is 14.2 Å². The molecular formula is C9H19O5P. The maximum Gasteiger partial charge on any atom is 0.474 e. The van der Waals surface area contributed by atoms with E-state index in [0.29, 0.717) is 6.42 Å². The molecule has 0 saturated heterocycles. The Balaban J connectivity index is 3.74. The summed E-state index contributed by atoms with van der Waals surface area (Å²) in [5.41, 5.74) is 0. The lowest BCUT2D eigenvalue weighted by Crippen LogP contribution is -2.08. The number of carbonyl (C=O) groups excluding carboxylic acids is 1. The van der Waals surface area contributed by atoms with Gasteiger partial charge in [-0.2, -0.15) is 0 Å². The Labute approximate surface area is 90.7 Å². The van der Waals surface area contributed by atoms with E-state index in [2.05, 4.69) is 16.0 Å². The molecule has 0 unspecified atom stereocenters. The smallest absolute Gasteiger partial charge is 0.297 e. The largest absolute Gasteiger partial charge is 0.474 e. The summed E-state index contributed by atoms with van der Waals surface area (Å²) in [6.07, 6.45) is 3.35. The Bertz CT molecular complexity index is 221. The summed E-state index contributed by atoms with van der Waals surface area (Å²) >= 11 is 0. The summed E-state index contributed by atoms with van der Waals surface area (Å²) in [6.45, 7) is 1.84. The highest BCUT2D eigenvalue weighted by molar-refractivity contribution is 7.48. The third-order valence-electron chi connectivity index (χ3n) is 1.89. The highest BCUT2D eigenvalue weighted by Gasteiger charge is 2.23. The fourth-order valence-electron chi connectivity index (χ4n) is 0.975. The zero-order chi connectivity index (χ0) is 11.7. The molecule has 0 fully saturated rings. The van der Waals surface area contributed by atoms with Gasteiger partial charge in [0.2, 0.25) is 0 Å². The minimum Gasteiger partial charge on any atom is -0.297 e. The maximum atomic E-state index is 11.4. The van der Waals surface area contributed by atoms with Crippen molar-refractivity contribution in [1.29, 1.82) is 0 Å². The van der Waals surface area contributed by atoms with Crippen molar-refractivity contribution in [1.82, 2.24) is 0 Å². The Hall–Kier alpha value is -0.220. The van der Waals surface area contributed by atoms with Crippen LogP contribution in [-0.2, 0) is 22.9 Å². The number of unbranched alkanes of at least 4 members (excludes halogenated alkanes) is 2. The molecule has 0 aromatic carbocycles. The summed E-state index contributed by atoms with van der Waals surface area (Å²) in [7, 11) is -1.07. The van der Waals surface area contributed by atoms with Gasteiger partial charge in [-0.3, -0.25) is 18.4 Å². The van der Waals surface area contributed by atoms with E-state index >= 15 is 0 Å². The summed E-state index contributed by atoms with van der Waals surface area (Å²) in [4.78, 5) is 11.2. The van der Waals surface area contributed by atoms with Gasteiger partial charge >= 0.3 is 7.82 Å². The number of hydrogen-bond acceptors (Lipinski definition) is 5. The Morgan fingerprint density at radius 1 is 1.20 bits per heavy atom. The minimum atomic E-state index is -3.49. The topological polar surface area (TPSA) is 61.8 Å². The molecule has 15 heavy (non-hydrogen) atoms. The lowest BCUT2D eigenvalue weighted by molar-refractivity contribution is -0.121. The number of rotatable bonds is 9. The Morgan fingerprint density at radius 2 is 1.80 bits per heavy atom. The zero-order valence-corrected chi connectivity index (χ0v) is 10.4. The van der Waals surface area contributed by atoms with Crippen LogP contribution in [0.3, 0.4) is 0 Å². The van der Waals surface area contributed by atoms with Crippen molar-refractivity contribution in [3.63, 3.8) is 0 Å². The third kappa shape index (κ3) is 6.79. The molecule has 0 bridgehead atoms. The van der Waals surface area contributed by atoms with E-state index in [9.17, 15) is 9.36 Å². The first-order valence-electron chi connectivity index (χ1n) is 4.95. The maximum absolute atomic E-state index is 11.4. The molecule has 0 amide bonds. The number of phosphoric ester groups is 1. The molecule has 6 heteroatoms. The van der Waals surface area contributed by atoms with Crippen LogP contribution in [0.5, 0.6) is 0 Å². The quantitative estimate of drug-likeness (QED) is 0.456. The molecule has 0 heterocycles. The normalized spacial score (nSPS) is 11.7. The van der Waals surface area contributed by atoms with Crippen LogP contribution in [0.2, 0.25) is 0 Å². The first-order chi connectivity index (χ1) is 7.08. The molecule has 0 N–H and O–H groups in total. The number of phosphoric acid groups is 1. The lowest BCUT2D eigenvalue weighted by Gasteiger charge is -2.12. The van der Waals surface area contributed by atoms with Crippen molar-refractivity contribution in [3.05, 3.63) is 0 Å². The third-order valence-corrected chi connectivity index (χ3v) is 3.23. The van der Waals surface area contributed by atoms with Gasteiger partial charge in [-0.05, 0) is 6.42 Å². The second kappa shape index (κ2) is 7.99. The highest BCUT2D eigenvalue weighted by Crippen LogP contribution is 2.47. The van der Waals surface area contributed by atoms with E-state index in [1.54, 1.807) is 0 Å². The second-order valence-corrected chi connectivity index (χ2v) is 4.96. The molecule has 0 saturated carbocycles. The summed E-state index contributed by atoms with van der Waals surface area (Å²) in [5.74, 6) is -0.0854. The number of ketones is 1. The van der Waals surface area contributed by atoms with Gasteiger partial charge in [-0.1, -0.05) is 19.8 Å². The lowest BCUT2D eigenvalue weighted by atomic mass is 10.1. The van der Waals surface area contributed by atoms with Crippen LogP contribution in [0.25, 0.3) is 0 Å².